The summed E-state index contributed by atoms with van der Waals surface area (Å²) in [7, 11) is -4.49. The van der Waals surface area contributed by atoms with Crippen molar-refractivity contribution in [2.24, 2.45) is 29.6 Å². The van der Waals surface area contributed by atoms with E-state index >= 15 is 0 Å². The molecule has 338 valence electrons. The monoisotopic (exact) mass is 847 g/mol. The van der Waals surface area contributed by atoms with E-state index in [0.717, 1.165) is 0 Å². The van der Waals surface area contributed by atoms with Gasteiger partial charge < -0.3 is 47.5 Å². The van der Waals surface area contributed by atoms with E-state index in [0.29, 0.717) is 25.7 Å². The number of aliphatic hydroxyl groups is 2. The minimum absolute atomic E-state index is 0.00405. The van der Waals surface area contributed by atoms with Crippen LogP contribution in [0.2, 0.25) is 36.3 Å². The van der Waals surface area contributed by atoms with Gasteiger partial charge in [0, 0.05) is 49.2 Å². The molecule has 3 saturated heterocycles. The van der Waals surface area contributed by atoms with Gasteiger partial charge in [-0.15, -0.1) is 0 Å². The standard InChI is InChI=1S/C45H90O10Si2/c1-28(27-47)38-32(5)40(53-45(16,17)51-38)31(4)37(55-57(20,21)42(9,10)11)26-35-29(2)39(52-44(14,15)50-35)30(3)36(54-56(18,19)41(6,7)8)25-34-24-33(22-23-46)48-43(12,13)49-34/h28-40,46-47H,22-27H2,1-21H3/t28-,29+,30+,31+,32+,33-,34-,35+,36-,37-,38+,39+,40-/m1/s1. The summed E-state index contributed by atoms with van der Waals surface area (Å²) in [4.78, 5) is 0. The maximum atomic E-state index is 10.2. The Morgan fingerprint density at radius 1 is 0.596 bits per heavy atom. The molecule has 3 rings (SSSR count). The van der Waals surface area contributed by atoms with Crippen LogP contribution < -0.4 is 0 Å². The van der Waals surface area contributed by atoms with Crippen LogP contribution in [-0.2, 0) is 37.3 Å². The fourth-order valence-corrected chi connectivity index (χ4v) is 11.7. The van der Waals surface area contributed by atoms with Crippen molar-refractivity contribution in [3.05, 3.63) is 0 Å². The molecule has 0 aliphatic carbocycles. The highest BCUT2D eigenvalue weighted by molar-refractivity contribution is 6.74. The Morgan fingerprint density at radius 2 is 1.00 bits per heavy atom. The fourth-order valence-electron chi connectivity index (χ4n) is 8.85. The number of rotatable bonds is 16. The van der Waals surface area contributed by atoms with Crippen LogP contribution in [0, 0.1) is 29.6 Å². The van der Waals surface area contributed by atoms with Gasteiger partial charge in [-0.05, 0) is 97.1 Å². The van der Waals surface area contributed by atoms with E-state index in [1.165, 1.54) is 0 Å². The quantitative estimate of drug-likeness (QED) is 0.146. The summed E-state index contributed by atoms with van der Waals surface area (Å²) in [5.74, 6) is -2.32. The lowest BCUT2D eigenvalue weighted by Gasteiger charge is -2.53. The zero-order chi connectivity index (χ0) is 43.9. The van der Waals surface area contributed by atoms with Gasteiger partial charge in [-0.25, -0.2) is 0 Å². The lowest BCUT2D eigenvalue weighted by atomic mass is 9.77. The van der Waals surface area contributed by atoms with Crippen LogP contribution in [0.25, 0.3) is 0 Å². The van der Waals surface area contributed by atoms with Gasteiger partial charge in [-0.1, -0.05) is 76.2 Å². The van der Waals surface area contributed by atoms with Gasteiger partial charge in [0.05, 0.1) is 48.8 Å². The van der Waals surface area contributed by atoms with Crippen molar-refractivity contribution in [1.82, 2.24) is 0 Å². The van der Waals surface area contributed by atoms with E-state index in [2.05, 4.69) is 102 Å². The van der Waals surface area contributed by atoms with Gasteiger partial charge in [0.15, 0.2) is 34.0 Å². The second-order valence-electron chi connectivity index (χ2n) is 22.7. The van der Waals surface area contributed by atoms with E-state index < -0.39 is 34.0 Å². The van der Waals surface area contributed by atoms with E-state index in [1.807, 2.05) is 41.5 Å². The van der Waals surface area contributed by atoms with Crippen LogP contribution in [0.4, 0.5) is 0 Å². The molecule has 0 bridgehead atoms. The van der Waals surface area contributed by atoms with Crippen LogP contribution in [0.5, 0.6) is 0 Å². The zero-order valence-electron chi connectivity index (χ0n) is 40.4. The normalized spacial score (nSPS) is 33.9. The summed E-state index contributed by atoms with van der Waals surface area (Å²) in [6.07, 6.45) is 1.60. The van der Waals surface area contributed by atoms with E-state index in [9.17, 15) is 10.2 Å². The Labute approximate surface area is 351 Å². The maximum Gasteiger partial charge on any atom is 0.192 e. The summed E-state index contributed by atoms with van der Waals surface area (Å²) < 4.78 is 54.8. The van der Waals surface area contributed by atoms with Gasteiger partial charge in [-0.3, -0.25) is 0 Å². The molecule has 2 N–H and O–H groups in total. The Bertz CT molecular complexity index is 1260. The molecule has 0 aromatic rings. The lowest BCUT2D eigenvalue weighted by molar-refractivity contribution is -0.343. The van der Waals surface area contributed by atoms with Crippen molar-refractivity contribution < 1.29 is 47.5 Å². The number of hydrogen-bond acceptors (Lipinski definition) is 10. The Morgan fingerprint density at radius 3 is 1.46 bits per heavy atom. The van der Waals surface area contributed by atoms with Crippen molar-refractivity contribution >= 4 is 16.6 Å². The van der Waals surface area contributed by atoms with E-state index in [-0.39, 0.29) is 102 Å². The molecule has 3 heterocycles. The second kappa shape index (κ2) is 18.8. The summed E-state index contributed by atoms with van der Waals surface area (Å²) in [5, 5.41) is 20.0. The van der Waals surface area contributed by atoms with Gasteiger partial charge in [0.2, 0.25) is 0 Å². The molecule has 0 radical (unpaired) electrons. The third kappa shape index (κ3) is 13.3. The first kappa shape index (κ1) is 51.4. The first-order valence-electron chi connectivity index (χ1n) is 22.3. The molecule has 57 heavy (non-hydrogen) atoms. The number of hydrogen-bond donors (Lipinski definition) is 2. The summed E-state index contributed by atoms with van der Waals surface area (Å²) >= 11 is 0. The molecular weight excluding hydrogens is 757 g/mol. The molecule has 13 atom stereocenters. The van der Waals surface area contributed by atoms with Gasteiger partial charge in [0.1, 0.15) is 0 Å². The third-order valence-electron chi connectivity index (χ3n) is 14.2. The molecule has 0 unspecified atom stereocenters. The highest BCUT2D eigenvalue weighted by Gasteiger charge is 2.52. The second-order valence-corrected chi connectivity index (χ2v) is 32.2. The minimum atomic E-state index is -2.26. The maximum absolute atomic E-state index is 10.2. The van der Waals surface area contributed by atoms with Crippen LogP contribution in [-0.4, -0.2) is 106 Å². The van der Waals surface area contributed by atoms with E-state index in [1.54, 1.807) is 0 Å². The number of aliphatic hydroxyl groups excluding tert-OH is 2. The molecule has 0 spiro atoms. The highest BCUT2D eigenvalue weighted by Crippen LogP contribution is 2.47. The van der Waals surface area contributed by atoms with Crippen LogP contribution in [0.15, 0.2) is 0 Å². The molecule has 10 nitrogen and oxygen atoms in total. The predicted molar refractivity (Wildman–Crippen MR) is 234 cm³/mol. The molecule has 3 aliphatic heterocycles. The molecule has 0 saturated carbocycles. The van der Waals surface area contributed by atoms with Crippen LogP contribution in [0.1, 0.15) is 143 Å². The Kier molecular flexibility index (Phi) is 16.9. The van der Waals surface area contributed by atoms with Crippen molar-refractivity contribution in [1.29, 1.82) is 0 Å². The van der Waals surface area contributed by atoms with Crippen molar-refractivity contribution in [3.63, 3.8) is 0 Å². The largest absolute Gasteiger partial charge is 0.413 e. The highest BCUT2D eigenvalue weighted by atomic mass is 28.4. The molecule has 0 aromatic heterocycles. The predicted octanol–water partition coefficient (Wildman–Crippen LogP) is 10.1. The summed E-state index contributed by atoms with van der Waals surface area (Å²) in [5.41, 5.74) is 0. The van der Waals surface area contributed by atoms with Crippen molar-refractivity contribution in [2.45, 2.75) is 246 Å². The zero-order valence-corrected chi connectivity index (χ0v) is 42.4. The van der Waals surface area contributed by atoms with Crippen molar-refractivity contribution in [3.8, 4) is 0 Å². The van der Waals surface area contributed by atoms with Gasteiger partial charge >= 0.3 is 0 Å². The van der Waals surface area contributed by atoms with Gasteiger partial charge in [-0.2, -0.15) is 0 Å². The molecule has 3 fully saturated rings. The SMILES string of the molecule is C[C@@H]1[C@@H]([C@@H](C)[C@@H](C[C@@H]2OC(C)(C)O[C@H]([C@@H](C)[C@@H](C[C@H]3C[C@@H](CCO)OC(C)(C)O3)O[Si](C)(C)C(C)(C)C)[C@H]2C)O[Si](C)(C)C(C)(C)C)OC(C)(C)O[C@H]1[C@H](C)CO. The van der Waals surface area contributed by atoms with Crippen LogP contribution >= 0.6 is 0 Å². The number of ether oxygens (including phenoxy) is 6. The first-order valence-corrected chi connectivity index (χ1v) is 28.1. The summed E-state index contributed by atoms with van der Waals surface area (Å²) in [6, 6.07) is 0. The topological polar surface area (TPSA) is 114 Å². The first-order chi connectivity index (χ1) is 25.7. The molecule has 3 aliphatic rings. The van der Waals surface area contributed by atoms with Crippen molar-refractivity contribution in [2.75, 3.05) is 13.2 Å². The van der Waals surface area contributed by atoms with Crippen LogP contribution in [0.3, 0.4) is 0 Å². The Hall–Kier alpha value is 0.0338. The average molecular weight is 847 g/mol. The minimum Gasteiger partial charge on any atom is -0.413 e. The lowest BCUT2D eigenvalue weighted by Crippen LogP contribution is -2.59. The molecular formula is C45H90O10Si2. The summed E-state index contributed by atoms with van der Waals surface area (Å²) in [6.45, 7) is 46.3. The molecule has 12 heteroatoms. The Balaban J connectivity index is 2.04. The van der Waals surface area contributed by atoms with E-state index in [4.69, 9.17) is 37.3 Å². The molecule has 0 aromatic carbocycles. The fraction of sp³-hybridized carbons (Fsp3) is 1.00. The average Bonchev–Trinajstić information content (AvgIpc) is 3.03. The third-order valence-corrected chi connectivity index (χ3v) is 23.2. The molecule has 0 amide bonds. The smallest absolute Gasteiger partial charge is 0.192 e. The van der Waals surface area contributed by atoms with Gasteiger partial charge in [0.25, 0.3) is 0 Å².